The van der Waals surface area contributed by atoms with E-state index < -0.39 is 17.7 Å². The third-order valence-electron chi connectivity index (χ3n) is 4.22. The lowest BCUT2D eigenvalue weighted by molar-refractivity contribution is 0.0505. The second-order valence-corrected chi connectivity index (χ2v) is 7.98. The van der Waals surface area contributed by atoms with Crippen LogP contribution in [0, 0.1) is 5.82 Å². The second-order valence-electron chi connectivity index (χ2n) is 7.98. The van der Waals surface area contributed by atoms with Crippen molar-refractivity contribution in [3.63, 3.8) is 0 Å². The Morgan fingerprint density at radius 1 is 1.20 bits per heavy atom. The third-order valence-corrected chi connectivity index (χ3v) is 4.22. The van der Waals surface area contributed by atoms with Gasteiger partial charge in [0.15, 0.2) is 5.69 Å². The number of pyridine rings is 1. The SMILES string of the molecule is CCC(CNc1cc(Cc2ccc(F)cc2)cnc1C(=O)O)NC(=O)OC(C)(C)C. The summed E-state index contributed by atoms with van der Waals surface area (Å²) in [6.07, 6.45) is 2.07. The van der Waals surface area contributed by atoms with E-state index >= 15 is 0 Å². The summed E-state index contributed by atoms with van der Waals surface area (Å²) in [5.74, 6) is -1.47. The number of nitrogens with zero attached hydrogens (tertiary/aromatic N) is 1. The molecule has 2 aromatic rings. The maximum Gasteiger partial charge on any atom is 0.407 e. The molecule has 0 saturated carbocycles. The lowest BCUT2D eigenvalue weighted by atomic mass is 10.1. The van der Waals surface area contributed by atoms with Crippen LogP contribution in [-0.2, 0) is 11.2 Å². The minimum atomic E-state index is -1.15. The number of carboxylic acid groups (broad SMARTS) is 1. The average Bonchev–Trinajstić information content (AvgIpc) is 2.65. The van der Waals surface area contributed by atoms with Crippen LogP contribution in [0.4, 0.5) is 14.9 Å². The Morgan fingerprint density at radius 3 is 2.43 bits per heavy atom. The van der Waals surface area contributed by atoms with Gasteiger partial charge in [0.25, 0.3) is 0 Å². The summed E-state index contributed by atoms with van der Waals surface area (Å²) in [7, 11) is 0. The summed E-state index contributed by atoms with van der Waals surface area (Å²) >= 11 is 0. The van der Waals surface area contributed by atoms with Gasteiger partial charge in [-0.1, -0.05) is 19.1 Å². The van der Waals surface area contributed by atoms with Crippen LogP contribution in [0.25, 0.3) is 0 Å². The molecule has 3 N–H and O–H groups in total. The first kappa shape index (κ1) is 23.1. The standard InChI is InChI=1S/C22H28FN3O4/c1-5-17(26-21(29)30-22(2,3)4)13-24-18-11-15(12-25-19(18)20(27)28)10-14-6-8-16(23)9-7-14/h6-9,11-12,17,24H,5,10,13H2,1-4H3,(H,26,29)(H,27,28). The van der Waals surface area contributed by atoms with E-state index in [1.165, 1.54) is 18.3 Å². The molecule has 0 aliphatic rings. The molecule has 0 fully saturated rings. The number of benzene rings is 1. The Bertz CT molecular complexity index is 879. The minimum absolute atomic E-state index is 0.107. The number of rotatable bonds is 8. The smallest absolute Gasteiger partial charge is 0.407 e. The Kier molecular flexibility index (Phi) is 7.74. The molecule has 2 rings (SSSR count). The summed E-state index contributed by atoms with van der Waals surface area (Å²) in [6.45, 7) is 7.55. The maximum atomic E-state index is 13.1. The van der Waals surface area contributed by atoms with Gasteiger partial charge in [-0.15, -0.1) is 0 Å². The van der Waals surface area contributed by atoms with E-state index in [9.17, 15) is 19.1 Å². The van der Waals surface area contributed by atoms with E-state index in [2.05, 4.69) is 15.6 Å². The first-order valence-corrected chi connectivity index (χ1v) is 9.77. The molecule has 0 aliphatic carbocycles. The quantitative estimate of drug-likeness (QED) is 0.594. The number of alkyl carbamates (subject to hydrolysis) is 1. The van der Waals surface area contributed by atoms with Gasteiger partial charge in [-0.3, -0.25) is 0 Å². The van der Waals surface area contributed by atoms with Gasteiger partial charge >= 0.3 is 12.1 Å². The molecule has 0 saturated heterocycles. The molecule has 8 heteroatoms. The number of carbonyl (C=O) groups is 2. The largest absolute Gasteiger partial charge is 0.476 e. The van der Waals surface area contributed by atoms with Gasteiger partial charge in [0.05, 0.1) is 5.69 Å². The first-order chi connectivity index (χ1) is 14.1. The van der Waals surface area contributed by atoms with Crippen LogP contribution in [0.3, 0.4) is 0 Å². The molecule has 1 unspecified atom stereocenters. The van der Waals surface area contributed by atoms with Crippen LogP contribution in [0.2, 0.25) is 0 Å². The van der Waals surface area contributed by atoms with Crippen molar-refractivity contribution >= 4 is 17.7 Å². The highest BCUT2D eigenvalue weighted by Gasteiger charge is 2.20. The summed E-state index contributed by atoms with van der Waals surface area (Å²) in [5, 5.41) is 15.3. The fraction of sp³-hybridized carbons (Fsp3) is 0.409. The summed E-state index contributed by atoms with van der Waals surface area (Å²) in [4.78, 5) is 27.6. The van der Waals surface area contributed by atoms with Crippen molar-refractivity contribution in [1.29, 1.82) is 0 Å². The van der Waals surface area contributed by atoms with Crippen molar-refractivity contribution in [3.05, 3.63) is 59.2 Å². The van der Waals surface area contributed by atoms with E-state index in [1.54, 1.807) is 39.0 Å². The van der Waals surface area contributed by atoms with Crippen molar-refractivity contribution in [3.8, 4) is 0 Å². The molecule has 1 aromatic heterocycles. The summed E-state index contributed by atoms with van der Waals surface area (Å²) in [5.41, 5.74) is 1.30. The van der Waals surface area contributed by atoms with E-state index in [-0.39, 0.29) is 17.6 Å². The van der Waals surface area contributed by atoms with E-state index in [4.69, 9.17) is 4.74 Å². The molecule has 0 radical (unpaired) electrons. The predicted molar refractivity (Wildman–Crippen MR) is 112 cm³/mol. The van der Waals surface area contributed by atoms with Crippen LogP contribution >= 0.6 is 0 Å². The Morgan fingerprint density at radius 2 is 1.87 bits per heavy atom. The number of aromatic carboxylic acids is 1. The molecule has 0 aliphatic heterocycles. The Labute approximate surface area is 175 Å². The second kappa shape index (κ2) is 10.0. The van der Waals surface area contributed by atoms with Gasteiger partial charge in [-0.2, -0.15) is 0 Å². The molecule has 30 heavy (non-hydrogen) atoms. The van der Waals surface area contributed by atoms with Crippen molar-refractivity contribution in [2.24, 2.45) is 0 Å². The molecule has 0 spiro atoms. The van der Waals surface area contributed by atoms with Crippen LogP contribution in [0.5, 0.6) is 0 Å². The van der Waals surface area contributed by atoms with Crippen LogP contribution in [0.15, 0.2) is 36.5 Å². The number of halogens is 1. The molecule has 1 aromatic carbocycles. The average molecular weight is 417 g/mol. The lowest BCUT2D eigenvalue weighted by Crippen LogP contribution is -2.42. The van der Waals surface area contributed by atoms with Crippen LogP contribution in [-0.4, -0.2) is 40.3 Å². The number of anilines is 1. The zero-order valence-corrected chi connectivity index (χ0v) is 17.7. The molecule has 162 valence electrons. The zero-order valence-electron chi connectivity index (χ0n) is 17.7. The topological polar surface area (TPSA) is 101 Å². The van der Waals surface area contributed by atoms with Crippen molar-refractivity contribution in [1.82, 2.24) is 10.3 Å². The molecule has 7 nitrogen and oxygen atoms in total. The molecule has 1 heterocycles. The predicted octanol–water partition coefficient (Wildman–Crippen LogP) is 4.22. The molecular weight excluding hydrogens is 389 g/mol. The number of carboxylic acids is 1. The number of aromatic nitrogens is 1. The number of hydrogen-bond acceptors (Lipinski definition) is 5. The van der Waals surface area contributed by atoms with E-state index in [0.717, 1.165) is 11.1 Å². The van der Waals surface area contributed by atoms with E-state index in [0.29, 0.717) is 25.1 Å². The number of hydrogen-bond donors (Lipinski definition) is 3. The first-order valence-electron chi connectivity index (χ1n) is 9.77. The number of nitrogens with one attached hydrogen (secondary N) is 2. The fourth-order valence-electron chi connectivity index (χ4n) is 2.75. The normalized spacial score (nSPS) is 12.2. The van der Waals surface area contributed by atoms with Crippen LogP contribution < -0.4 is 10.6 Å². The van der Waals surface area contributed by atoms with Crippen molar-refractivity contribution in [2.45, 2.75) is 52.2 Å². The molecular formula is C22H28FN3O4. The van der Waals surface area contributed by atoms with E-state index in [1.807, 2.05) is 6.92 Å². The highest BCUT2D eigenvalue weighted by molar-refractivity contribution is 5.92. The van der Waals surface area contributed by atoms with Gasteiger partial charge in [-0.25, -0.2) is 19.0 Å². The van der Waals surface area contributed by atoms with Gasteiger partial charge in [0.1, 0.15) is 11.4 Å². The van der Waals surface area contributed by atoms with Gasteiger partial charge in [0.2, 0.25) is 0 Å². The van der Waals surface area contributed by atoms with Gasteiger partial charge in [0, 0.05) is 18.8 Å². The van der Waals surface area contributed by atoms with Gasteiger partial charge in [-0.05, 0) is 62.9 Å². The van der Waals surface area contributed by atoms with Crippen LogP contribution in [0.1, 0.15) is 55.7 Å². The van der Waals surface area contributed by atoms with Crippen molar-refractivity contribution in [2.75, 3.05) is 11.9 Å². The fourth-order valence-corrected chi connectivity index (χ4v) is 2.75. The molecule has 0 bridgehead atoms. The number of carbonyl (C=O) groups excluding carboxylic acids is 1. The van der Waals surface area contributed by atoms with Crippen molar-refractivity contribution < 1.29 is 23.8 Å². The highest BCUT2D eigenvalue weighted by Crippen LogP contribution is 2.19. The zero-order chi connectivity index (χ0) is 22.3. The minimum Gasteiger partial charge on any atom is -0.476 e. The summed E-state index contributed by atoms with van der Waals surface area (Å²) in [6, 6.07) is 7.54. The Balaban J connectivity index is 2.10. The molecule has 1 amide bonds. The van der Waals surface area contributed by atoms with Gasteiger partial charge < -0.3 is 20.5 Å². The number of amides is 1. The maximum absolute atomic E-state index is 13.1. The number of ether oxygens (including phenoxy) is 1. The Hall–Kier alpha value is -3.16. The highest BCUT2D eigenvalue weighted by atomic mass is 19.1. The molecule has 1 atom stereocenters. The third kappa shape index (κ3) is 7.35. The summed E-state index contributed by atoms with van der Waals surface area (Å²) < 4.78 is 18.4. The lowest BCUT2D eigenvalue weighted by Gasteiger charge is -2.23. The monoisotopic (exact) mass is 417 g/mol.